The Kier molecular flexibility index (Phi) is 4.50. The van der Waals surface area contributed by atoms with Crippen molar-refractivity contribution in [1.29, 1.82) is 0 Å². The quantitative estimate of drug-likeness (QED) is 0.189. The molecule has 0 fully saturated rings. The molecule has 32 valence electrons. The first kappa shape index (κ1) is 5.27. The fourth-order valence-electron chi connectivity index (χ4n) is 0.0417. The van der Waals surface area contributed by atoms with Crippen molar-refractivity contribution in [3.8, 4) is 0 Å². The van der Waals surface area contributed by atoms with Crippen LogP contribution in [0.3, 0.4) is 0 Å². The highest BCUT2D eigenvalue weighted by atomic mass is 31.1. The summed E-state index contributed by atoms with van der Waals surface area (Å²) in [5, 5.41) is 4.62. The van der Waals surface area contributed by atoms with E-state index < -0.39 is 0 Å². The lowest BCUT2D eigenvalue weighted by Crippen LogP contribution is -2.20. The molecule has 0 unspecified atom stereocenters. The number of nitrogens with one attached hydrogen (secondary N) is 2. The van der Waals surface area contributed by atoms with Crippen LogP contribution in [0.15, 0.2) is 0 Å². The van der Waals surface area contributed by atoms with Crippen molar-refractivity contribution in [2.24, 2.45) is 11.7 Å². The molecular formula is H7N4P. The van der Waals surface area contributed by atoms with Crippen LogP contribution in [0.2, 0.25) is 0 Å². The molecule has 0 aliphatic heterocycles. The van der Waals surface area contributed by atoms with E-state index in [1.54, 1.807) is 0 Å². The smallest absolute Gasteiger partial charge is 0.0463 e. The van der Waals surface area contributed by atoms with Gasteiger partial charge in [-0.2, -0.15) is 0 Å². The third-order valence-electron chi connectivity index (χ3n) is 0.144. The van der Waals surface area contributed by atoms with Crippen molar-refractivity contribution in [2.75, 3.05) is 0 Å². The van der Waals surface area contributed by atoms with Crippen LogP contribution in [0, 0.1) is 0 Å². The Morgan fingerprint density at radius 2 is 1.60 bits per heavy atom. The monoisotopic (exact) mass is 94.0 g/mol. The van der Waals surface area contributed by atoms with Crippen LogP contribution in [-0.4, -0.2) is 0 Å². The van der Waals surface area contributed by atoms with Crippen molar-refractivity contribution in [2.45, 2.75) is 0 Å². The molecule has 0 aliphatic carbocycles. The van der Waals surface area contributed by atoms with Gasteiger partial charge in [-0.3, -0.25) is 11.7 Å². The lowest BCUT2D eigenvalue weighted by atomic mass is 13.0. The third kappa shape index (κ3) is 4.27. The Bertz CT molecular complexity index is 11.1. The number of hydrogen-bond donors (Lipinski definition) is 4. The van der Waals surface area contributed by atoms with Crippen LogP contribution < -0.4 is 22.1 Å². The van der Waals surface area contributed by atoms with Gasteiger partial charge in [0.1, 0.15) is 0 Å². The summed E-state index contributed by atoms with van der Waals surface area (Å²) in [6.07, 6.45) is 0. The highest BCUT2D eigenvalue weighted by molar-refractivity contribution is 7.32. The van der Waals surface area contributed by atoms with Gasteiger partial charge in [-0.15, -0.1) is 0 Å². The van der Waals surface area contributed by atoms with Crippen LogP contribution in [0.1, 0.15) is 0 Å². The van der Waals surface area contributed by atoms with Gasteiger partial charge in [0.25, 0.3) is 0 Å². The topological polar surface area (TPSA) is 76.1 Å². The number of nitrogens with two attached hydrogens (primary N) is 2. The van der Waals surface area contributed by atoms with E-state index >= 15 is 0 Å². The average Bonchev–Trinajstić information content (AvgIpc) is 1.41. The fourth-order valence-corrected chi connectivity index (χ4v) is 0.125. The number of rotatable bonds is 2. The molecule has 0 aromatic carbocycles. The van der Waals surface area contributed by atoms with E-state index in [1.165, 1.54) is 0 Å². The molecule has 0 aliphatic rings. The molecule has 0 spiro atoms. The van der Waals surface area contributed by atoms with Gasteiger partial charge in [0.05, 0.1) is 0 Å². The minimum Gasteiger partial charge on any atom is -0.267 e. The van der Waals surface area contributed by atoms with E-state index in [-0.39, 0.29) is 8.88 Å². The molecule has 5 heteroatoms. The van der Waals surface area contributed by atoms with Crippen LogP contribution >= 0.6 is 8.88 Å². The molecule has 0 saturated heterocycles. The maximum Gasteiger partial charge on any atom is 0.0463 e. The van der Waals surface area contributed by atoms with E-state index in [0.29, 0.717) is 0 Å². The molecule has 0 aromatic heterocycles. The van der Waals surface area contributed by atoms with Gasteiger partial charge in [-0.05, 0) is 0 Å². The normalized spacial score (nSPS) is 8.40. The zero-order chi connectivity index (χ0) is 4.12. The van der Waals surface area contributed by atoms with Crippen LogP contribution in [0.25, 0.3) is 0 Å². The maximum atomic E-state index is 4.76. The van der Waals surface area contributed by atoms with Crippen LogP contribution in [-0.2, 0) is 0 Å². The Hall–Kier alpha value is 0.270. The van der Waals surface area contributed by atoms with Crippen LogP contribution in [0.4, 0.5) is 0 Å². The van der Waals surface area contributed by atoms with Gasteiger partial charge >= 0.3 is 0 Å². The molecule has 0 atom stereocenters. The summed E-state index contributed by atoms with van der Waals surface area (Å²) >= 11 is 0. The van der Waals surface area contributed by atoms with E-state index in [1.807, 2.05) is 0 Å². The predicted octanol–water partition coefficient (Wildman–Crippen LogP) is -1.58. The largest absolute Gasteiger partial charge is 0.267 e. The van der Waals surface area contributed by atoms with Crippen molar-refractivity contribution in [3.05, 3.63) is 0 Å². The summed E-state index contributed by atoms with van der Waals surface area (Å²) in [5.74, 6) is 9.52. The van der Waals surface area contributed by atoms with E-state index in [4.69, 9.17) is 11.7 Å². The molecule has 5 heavy (non-hydrogen) atoms. The maximum absolute atomic E-state index is 4.76. The van der Waals surface area contributed by atoms with Gasteiger partial charge in [0, 0.05) is 8.88 Å². The highest BCUT2D eigenvalue weighted by Gasteiger charge is 1.60. The average molecular weight is 94.1 g/mol. The van der Waals surface area contributed by atoms with Crippen LogP contribution in [0.5, 0.6) is 0 Å². The summed E-state index contributed by atoms with van der Waals surface area (Å²) < 4.78 is 0. The predicted molar refractivity (Wildman–Crippen MR) is 23.0 cm³/mol. The second kappa shape index (κ2) is 4.27. The Morgan fingerprint density at radius 1 is 1.20 bits per heavy atom. The van der Waals surface area contributed by atoms with Gasteiger partial charge in [-0.1, -0.05) is 0 Å². The van der Waals surface area contributed by atoms with Gasteiger partial charge in [0.2, 0.25) is 0 Å². The Morgan fingerprint density at radius 3 is 1.60 bits per heavy atom. The second-order valence-electron chi connectivity index (χ2n) is 0.414. The molecule has 0 amide bonds. The zero-order valence-electron chi connectivity index (χ0n) is 2.65. The first-order valence-electron chi connectivity index (χ1n) is 1.08. The standard InChI is InChI=1S/H7N4P/c1-3-5-4-2/h3-5H,1-2H2. The highest BCUT2D eigenvalue weighted by Crippen LogP contribution is 1.79. The lowest BCUT2D eigenvalue weighted by molar-refractivity contribution is 1.03. The molecule has 0 saturated carbocycles. The lowest BCUT2D eigenvalue weighted by Gasteiger charge is -1.88. The zero-order valence-corrected chi connectivity index (χ0v) is 3.65. The van der Waals surface area contributed by atoms with Crippen molar-refractivity contribution >= 4 is 8.88 Å². The van der Waals surface area contributed by atoms with E-state index in [2.05, 4.69) is 10.4 Å². The molecule has 0 aromatic rings. The summed E-state index contributed by atoms with van der Waals surface area (Å²) in [4.78, 5) is 0. The molecule has 0 radical (unpaired) electrons. The SMILES string of the molecule is NNPNN. The molecule has 0 heterocycles. The van der Waals surface area contributed by atoms with Crippen molar-refractivity contribution in [1.82, 2.24) is 10.4 Å². The number of hydrogen-bond acceptors (Lipinski definition) is 4. The minimum absolute atomic E-state index is 0.253. The Balaban J connectivity index is 2.19. The second-order valence-corrected chi connectivity index (χ2v) is 1.24. The van der Waals surface area contributed by atoms with Crippen molar-refractivity contribution < 1.29 is 0 Å². The fraction of sp³-hybridized carbons (Fsp3) is 0. The van der Waals surface area contributed by atoms with E-state index in [0.717, 1.165) is 0 Å². The number of hydrazine groups is 2. The van der Waals surface area contributed by atoms with Crippen molar-refractivity contribution in [3.63, 3.8) is 0 Å². The molecule has 0 rings (SSSR count). The van der Waals surface area contributed by atoms with Gasteiger partial charge in [0.15, 0.2) is 0 Å². The minimum atomic E-state index is 0.253. The summed E-state index contributed by atoms with van der Waals surface area (Å²) in [6.45, 7) is 0. The first-order chi connectivity index (χ1) is 2.41. The summed E-state index contributed by atoms with van der Waals surface area (Å²) in [5.41, 5.74) is 0. The molecule has 0 bridgehead atoms. The summed E-state index contributed by atoms with van der Waals surface area (Å²) in [7, 11) is 0.253. The van der Waals surface area contributed by atoms with Gasteiger partial charge in [-0.25, -0.2) is 10.4 Å². The molecule has 6 N–H and O–H groups in total. The van der Waals surface area contributed by atoms with E-state index in [9.17, 15) is 0 Å². The van der Waals surface area contributed by atoms with Gasteiger partial charge < -0.3 is 0 Å². The molecular weight excluding hydrogens is 87.0 g/mol. The Labute approximate surface area is 32.1 Å². The third-order valence-corrected chi connectivity index (χ3v) is 0.433. The molecule has 4 nitrogen and oxygen atoms in total. The first-order valence-corrected chi connectivity index (χ1v) is 2.08. The summed E-state index contributed by atoms with van der Waals surface area (Å²) in [6, 6.07) is 0.